The molecule has 1 aromatic heterocycles. The smallest absolute Gasteiger partial charge is 0.228 e. The van der Waals surface area contributed by atoms with Crippen LogP contribution in [0.2, 0.25) is 0 Å². The summed E-state index contributed by atoms with van der Waals surface area (Å²) in [5.74, 6) is 0.183. The summed E-state index contributed by atoms with van der Waals surface area (Å²) in [6.45, 7) is 0.619. The predicted molar refractivity (Wildman–Crippen MR) is 76.8 cm³/mol. The number of hydrogen-bond acceptors (Lipinski definition) is 2. The molecule has 4 heteroatoms. The van der Waals surface area contributed by atoms with Crippen LogP contribution in [0.3, 0.4) is 0 Å². The van der Waals surface area contributed by atoms with Crippen LogP contribution in [0.15, 0.2) is 40.2 Å². The van der Waals surface area contributed by atoms with Crippen LogP contribution >= 0.6 is 27.3 Å². The Hall–Kier alpha value is -1.13. The topological polar surface area (TPSA) is 29.1 Å². The van der Waals surface area contributed by atoms with Gasteiger partial charge in [-0.3, -0.25) is 4.79 Å². The Morgan fingerprint density at radius 1 is 1.33 bits per heavy atom. The number of carbonyl (C=O) groups excluding carboxylic acids is 1. The van der Waals surface area contributed by atoms with E-state index in [1.807, 2.05) is 30.3 Å². The minimum Gasteiger partial charge on any atom is -0.351 e. The number of benzene rings is 1. The van der Waals surface area contributed by atoms with E-state index >= 15 is 0 Å². The first-order chi connectivity index (χ1) is 8.74. The fourth-order valence-corrected chi connectivity index (χ4v) is 3.66. The maximum atomic E-state index is 12.0. The number of carbonyl (C=O) groups is 1. The van der Waals surface area contributed by atoms with E-state index in [0.29, 0.717) is 6.54 Å². The molecule has 0 saturated heterocycles. The van der Waals surface area contributed by atoms with E-state index in [4.69, 9.17) is 0 Å². The lowest BCUT2D eigenvalue weighted by molar-refractivity contribution is -0.123. The number of thiophene rings is 1. The van der Waals surface area contributed by atoms with Crippen molar-refractivity contribution in [1.29, 1.82) is 0 Å². The third-order valence-electron chi connectivity index (χ3n) is 3.24. The van der Waals surface area contributed by atoms with Crippen molar-refractivity contribution in [3.63, 3.8) is 0 Å². The highest BCUT2D eigenvalue weighted by Gasteiger charge is 2.31. The monoisotopic (exact) mass is 321 g/mol. The van der Waals surface area contributed by atoms with Gasteiger partial charge in [-0.05, 0) is 45.6 Å². The summed E-state index contributed by atoms with van der Waals surface area (Å²) in [5, 5.41) is 3.01. The normalized spacial score (nSPS) is 16.8. The van der Waals surface area contributed by atoms with Gasteiger partial charge in [0.2, 0.25) is 5.91 Å². The van der Waals surface area contributed by atoms with Gasteiger partial charge in [0.25, 0.3) is 0 Å². The van der Waals surface area contributed by atoms with Crippen LogP contribution < -0.4 is 5.32 Å². The van der Waals surface area contributed by atoms with E-state index in [1.165, 1.54) is 16.0 Å². The Balaban J connectivity index is 1.61. The van der Waals surface area contributed by atoms with Gasteiger partial charge in [-0.2, -0.15) is 0 Å². The Morgan fingerprint density at radius 2 is 2.17 bits per heavy atom. The average molecular weight is 322 g/mol. The molecule has 1 aliphatic rings. The van der Waals surface area contributed by atoms with Crippen molar-refractivity contribution in [2.45, 2.75) is 18.9 Å². The highest BCUT2D eigenvalue weighted by atomic mass is 79.9. The molecule has 0 radical (unpaired) electrons. The van der Waals surface area contributed by atoms with Crippen molar-refractivity contribution in [2.75, 3.05) is 0 Å². The molecule has 1 heterocycles. The molecule has 0 bridgehead atoms. The molecule has 2 nitrogen and oxygen atoms in total. The molecule has 0 aliphatic heterocycles. The minimum absolute atomic E-state index is 0.0459. The quantitative estimate of drug-likeness (QED) is 0.921. The first kappa shape index (κ1) is 11.9. The van der Waals surface area contributed by atoms with Crippen LogP contribution in [0.1, 0.15) is 21.9 Å². The summed E-state index contributed by atoms with van der Waals surface area (Å²) in [6.07, 6.45) is 0.871. The molecule has 1 unspecified atom stereocenters. The van der Waals surface area contributed by atoms with Crippen LogP contribution in [-0.2, 0) is 17.8 Å². The second-order valence-electron chi connectivity index (χ2n) is 4.38. The highest BCUT2D eigenvalue weighted by molar-refractivity contribution is 9.11. The zero-order valence-electron chi connectivity index (χ0n) is 9.65. The molecule has 3 rings (SSSR count). The molecule has 0 spiro atoms. The summed E-state index contributed by atoms with van der Waals surface area (Å²) >= 11 is 5.07. The van der Waals surface area contributed by atoms with Gasteiger partial charge in [0.1, 0.15) is 0 Å². The fraction of sp³-hybridized carbons (Fsp3) is 0.214. The van der Waals surface area contributed by atoms with Gasteiger partial charge in [0.15, 0.2) is 0 Å². The van der Waals surface area contributed by atoms with E-state index in [2.05, 4.69) is 27.3 Å². The Morgan fingerprint density at radius 3 is 2.89 bits per heavy atom. The van der Waals surface area contributed by atoms with E-state index in [0.717, 1.165) is 10.2 Å². The van der Waals surface area contributed by atoms with Gasteiger partial charge >= 0.3 is 0 Å². The van der Waals surface area contributed by atoms with Crippen molar-refractivity contribution in [2.24, 2.45) is 0 Å². The Bertz CT molecular complexity index is 593. The molecule has 2 aromatic rings. The van der Waals surface area contributed by atoms with Gasteiger partial charge in [0.05, 0.1) is 16.2 Å². The van der Waals surface area contributed by atoms with E-state index in [9.17, 15) is 4.79 Å². The lowest BCUT2D eigenvalue weighted by atomic mass is 9.77. The van der Waals surface area contributed by atoms with Crippen molar-refractivity contribution in [3.8, 4) is 0 Å². The van der Waals surface area contributed by atoms with Crippen LogP contribution in [0.5, 0.6) is 0 Å². The second kappa shape index (κ2) is 4.86. The molecule has 1 aliphatic carbocycles. The molecular weight excluding hydrogens is 310 g/mol. The van der Waals surface area contributed by atoms with Crippen LogP contribution in [0, 0.1) is 0 Å². The zero-order chi connectivity index (χ0) is 12.5. The number of amides is 1. The largest absolute Gasteiger partial charge is 0.351 e. The van der Waals surface area contributed by atoms with Crippen molar-refractivity contribution >= 4 is 33.2 Å². The molecule has 1 aromatic carbocycles. The third kappa shape index (κ3) is 2.22. The third-order valence-corrected chi connectivity index (χ3v) is 4.86. The van der Waals surface area contributed by atoms with E-state index < -0.39 is 0 Å². The average Bonchev–Trinajstić information content (AvgIpc) is 2.74. The Labute approximate surface area is 118 Å². The second-order valence-corrected chi connectivity index (χ2v) is 6.93. The SMILES string of the molecule is O=C(NCc1ccc(Br)s1)C1Cc2ccccc21. The fourth-order valence-electron chi connectivity index (χ4n) is 2.24. The predicted octanol–water partition coefficient (Wildman–Crippen LogP) is 3.47. The molecule has 92 valence electrons. The van der Waals surface area contributed by atoms with E-state index in [-0.39, 0.29) is 11.8 Å². The van der Waals surface area contributed by atoms with Gasteiger partial charge in [-0.25, -0.2) is 0 Å². The lowest BCUT2D eigenvalue weighted by Gasteiger charge is -2.28. The van der Waals surface area contributed by atoms with E-state index in [1.54, 1.807) is 11.3 Å². The van der Waals surface area contributed by atoms with Crippen molar-refractivity contribution in [1.82, 2.24) is 5.32 Å². The summed E-state index contributed by atoms with van der Waals surface area (Å²) in [7, 11) is 0. The summed E-state index contributed by atoms with van der Waals surface area (Å²) in [5.41, 5.74) is 2.49. The molecular formula is C14H12BrNOS. The summed E-state index contributed by atoms with van der Waals surface area (Å²) < 4.78 is 1.10. The minimum atomic E-state index is 0.0459. The van der Waals surface area contributed by atoms with Crippen molar-refractivity contribution in [3.05, 3.63) is 56.2 Å². The maximum absolute atomic E-state index is 12.0. The van der Waals surface area contributed by atoms with Gasteiger partial charge in [-0.15, -0.1) is 11.3 Å². The number of hydrogen-bond donors (Lipinski definition) is 1. The number of fused-ring (bicyclic) bond motifs is 1. The molecule has 18 heavy (non-hydrogen) atoms. The molecule has 0 saturated carbocycles. The van der Waals surface area contributed by atoms with Gasteiger partial charge in [0, 0.05) is 4.88 Å². The molecule has 0 fully saturated rings. The molecule has 1 amide bonds. The first-order valence-corrected chi connectivity index (χ1v) is 7.45. The number of nitrogens with one attached hydrogen (secondary N) is 1. The van der Waals surface area contributed by atoms with Gasteiger partial charge in [-0.1, -0.05) is 24.3 Å². The zero-order valence-corrected chi connectivity index (χ0v) is 12.1. The first-order valence-electron chi connectivity index (χ1n) is 5.84. The standard InChI is InChI=1S/C14H12BrNOS/c15-13-6-5-10(18-13)8-16-14(17)12-7-9-3-1-2-4-11(9)12/h1-6,12H,7-8H2,(H,16,17). The van der Waals surface area contributed by atoms with Gasteiger partial charge < -0.3 is 5.32 Å². The van der Waals surface area contributed by atoms with Crippen LogP contribution in [0.4, 0.5) is 0 Å². The highest BCUT2D eigenvalue weighted by Crippen LogP contribution is 2.34. The van der Waals surface area contributed by atoms with Crippen LogP contribution in [0.25, 0.3) is 0 Å². The summed E-state index contributed by atoms with van der Waals surface area (Å²) in [6, 6.07) is 12.2. The number of rotatable bonds is 3. The maximum Gasteiger partial charge on any atom is 0.228 e. The lowest BCUT2D eigenvalue weighted by Crippen LogP contribution is -2.34. The summed E-state index contributed by atoms with van der Waals surface area (Å²) in [4.78, 5) is 13.2. The molecule has 1 atom stereocenters. The van der Waals surface area contributed by atoms with Crippen LogP contribution in [-0.4, -0.2) is 5.91 Å². The Kier molecular flexibility index (Phi) is 3.22. The number of halogens is 1. The molecule has 1 N–H and O–H groups in total. The van der Waals surface area contributed by atoms with Crippen molar-refractivity contribution < 1.29 is 4.79 Å².